The van der Waals surface area contributed by atoms with Crippen molar-refractivity contribution in [1.82, 2.24) is 9.78 Å². The van der Waals surface area contributed by atoms with Crippen LogP contribution in [0.4, 0.5) is 8.78 Å². The van der Waals surface area contributed by atoms with E-state index >= 15 is 0 Å². The highest BCUT2D eigenvalue weighted by molar-refractivity contribution is 5.75. The molecule has 26 heavy (non-hydrogen) atoms. The molecule has 5 nitrogen and oxygen atoms in total. The molecule has 2 unspecified atom stereocenters. The molecule has 1 N–H and O–H groups in total. The second kappa shape index (κ2) is 7.05. The Hall–Kier alpha value is -2.44. The maximum Gasteiger partial charge on any atom is 0.307 e. The molecule has 1 aromatic carbocycles. The van der Waals surface area contributed by atoms with Crippen molar-refractivity contribution >= 4 is 5.97 Å². The molecule has 2 atom stereocenters. The summed E-state index contributed by atoms with van der Waals surface area (Å²) in [5.74, 6) is -3.54. The summed E-state index contributed by atoms with van der Waals surface area (Å²) in [6.45, 7) is 6.66. The average Bonchev–Trinajstić information content (AvgIpc) is 3.26. The SMILES string of the molecule is Cc1cc(COc2c(F)cc(C3CC3C(=O)O)cc2F)n(CC(C)C)n1. The second-order valence-electron chi connectivity index (χ2n) is 7.24. The lowest BCUT2D eigenvalue weighted by molar-refractivity contribution is -0.138. The lowest BCUT2D eigenvalue weighted by Gasteiger charge is -2.13. The van der Waals surface area contributed by atoms with Crippen molar-refractivity contribution in [3.8, 4) is 5.75 Å². The smallest absolute Gasteiger partial charge is 0.307 e. The molecule has 0 saturated heterocycles. The number of rotatable bonds is 7. The van der Waals surface area contributed by atoms with Crippen molar-refractivity contribution < 1.29 is 23.4 Å². The number of nitrogens with zero attached hydrogens (tertiary/aromatic N) is 2. The Morgan fingerprint density at radius 1 is 1.35 bits per heavy atom. The van der Waals surface area contributed by atoms with E-state index in [4.69, 9.17) is 9.84 Å². The van der Waals surface area contributed by atoms with Gasteiger partial charge < -0.3 is 9.84 Å². The molecule has 0 amide bonds. The summed E-state index contributed by atoms with van der Waals surface area (Å²) in [6, 6.07) is 4.17. The van der Waals surface area contributed by atoms with E-state index < -0.39 is 29.3 Å². The molecule has 140 valence electrons. The van der Waals surface area contributed by atoms with Crippen molar-refractivity contribution in [2.75, 3.05) is 0 Å². The summed E-state index contributed by atoms with van der Waals surface area (Å²) in [5, 5.41) is 13.3. The van der Waals surface area contributed by atoms with Crippen molar-refractivity contribution in [3.63, 3.8) is 0 Å². The first-order chi connectivity index (χ1) is 12.3. The van der Waals surface area contributed by atoms with E-state index in [1.165, 1.54) is 12.1 Å². The lowest BCUT2D eigenvalue weighted by atomic mass is 10.1. The number of hydrogen-bond acceptors (Lipinski definition) is 3. The standard InChI is InChI=1S/C19H22F2N2O3/c1-10(2)8-23-13(4-11(3)22-23)9-26-18-16(20)5-12(6-17(18)21)14-7-15(14)19(24)25/h4-6,10,14-15H,7-9H2,1-3H3,(H,24,25). The number of halogens is 2. The number of carboxylic acid groups (broad SMARTS) is 1. The van der Waals surface area contributed by atoms with E-state index in [1.807, 2.05) is 13.0 Å². The molecule has 1 aliphatic carbocycles. The van der Waals surface area contributed by atoms with Gasteiger partial charge in [-0.05, 0) is 48.9 Å². The van der Waals surface area contributed by atoms with Gasteiger partial charge in [-0.15, -0.1) is 0 Å². The Balaban J connectivity index is 1.74. The second-order valence-corrected chi connectivity index (χ2v) is 7.24. The molecule has 0 aliphatic heterocycles. The molecule has 1 aliphatic rings. The quantitative estimate of drug-likeness (QED) is 0.809. The molecule has 3 rings (SSSR count). The molecule has 1 fully saturated rings. The van der Waals surface area contributed by atoms with Crippen LogP contribution in [0.25, 0.3) is 0 Å². The number of benzene rings is 1. The van der Waals surface area contributed by atoms with Gasteiger partial charge in [-0.25, -0.2) is 8.78 Å². The van der Waals surface area contributed by atoms with E-state index in [0.717, 1.165) is 11.4 Å². The summed E-state index contributed by atoms with van der Waals surface area (Å²) in [4.78, 5) is 10.9. The third kappa shape index (κ3) is 3.86. The predicted octanol–water partition coefficient (Wildman–Crippen LogP) is 3.89. The van der Waals surface area contributed by atoms with Crippen LogP contribution in [-0.4, -0.2) is 20.9 Å². The van der Waals surface area contributed by atoms with Gasteiger partial charge in [-0.1, -0.05) is 13.8 Å². The van der Waals surface area contributed by atoms with E-state index in [0.29, 0.717) is 24.4 Å². The van der Waals surface area contributed by atoms with Crippen LogP contribution < -0.4 is 4.74 Å². The van der Waals surface area contributed by atoms with Gasteiger partial charge in [0.1, 0.15) is 6.61 Å². The first-order valence-electron chi connectivity index (χ1n) is 8.64. The van der Waals surface area contributed by atoms with Gasteiger partial charge in [0.25, 0.3) is 0 Å². The zero-order chi connectivity index (χ0) is 19.0. The number of aryl methyl sites for hydroxylation is 1. The molecule has 0 spiro atoms. The minimum Gasteiger partial charge on any atom is -0.481 e. The summed E-state index contributed by atoms with van der Waals surface area (Å²) in [7, 11) is 0. The number of carboxylic acids is 1. The van der Waals surface area contributed by atoms with Gasteiger partial charge in [0, 0.05) is 6.54 Å². The van der Waals surface area contributed by atoms with E-state index in [2.05, 4.69) is 18.9 Å². The summed E-state index contributed by atoms with van der Waals surface area (Å²) < 4.78 is 35.8. The maximum absolute atomic E-state index is 14.3. The molecule has 1 saturated carbocycles. The van der Waals surface area contributed by atoms with E-state index in [1.54, 1.807) is 4.68 Å². The summed E-state index contributed by atoms with van der Waals surface area (Å²) in [6.07, 6.45) is 0.405. The predicted molar refractivity (Wildman–Crippen MR) is 91.0 cm³/mol. The molecule has 1 aromatic heterocycles. The minimum atomic E-state index is -0.940. The van der Waals surface area contributed by atoms with Gasteiger partial charge in [0.2, 0.25) is 0 Å². The van der Waals surface area contributed by atoms with Crippen LogP contribution in [0.1, 0.15) is 43.1 Å². The largest absolute Gasteiger partial charge is 0.481 e. The number of aromatic nitrogens is 2. The highest BCUT2D eigenvalue weighted by Gasteiger charge is 2.44. The van der Waals surface area contributed by atoms with Gasteiger partial charge in [-0.2, -0.15) is 5.10 Å². The Bertz CT molecular complexity index is 809. The lowest BCUT2D eigenvalue weighted by Crippen LogP contribution is -2.12. The van der Waals surface area contributed by atoms with Crippen LogP contribution in [0, 0.1) is 30.4 Å². The molecule has 0 radical (unpaired) electrons. The number of aliphatic carboxylic acids is 1. The van der Waals surface area contributed by atoms with Gasteiger partial charge in [0.05, 0.1) is 17.3 Å². The molecular formula is C19H22F2N2O3. The summed E-state index contributed by atoms with van der Waals surface area (Å²) >= 11 is 0. The zero-order valence-electron chi connectivity index (χ0n) is 15.0. The van der Waals surface area contributed by atoms with E-state index in [-0.39, 0.29) is 12.5 Å². The molecule has 1 heterocycles. The van der Waals surface area contributed by atoms with Crippen LogP contribution in [0.5, 0.6) is 5.75 Å². The van der Waals surface area contributed by atoms with Crippen LogP contribution in [0.15, 0.2) is 18.2 Å². The average molecular weight is 364 g/mol. The molecule has 7 heteroatoms. The first-order valence-corrected chi connectivity index (χ1v) is 8.64. The fourth-order valence-corrected chi connectivity index (χ4v) is 3.13. The fourth-order valence-electron chi connectivity index (χ4n) is 3.13. The number of ether oxygens (including phenoxy) is 1. The molecular weight excluding hydrogens is 342 g/mol. The van der Waals surface area contributed by atoms with Crippen molar-refractivity contribution in [2.24, 2.45) is 11.8 Å². The third-order valence-corrected chi connectivity index (χ3v) is 4.44. The Labute approximate surface area is 150 Å². The van der Waals surface area contributed by atoms with Crippen LogP contribution in [0.3, 0.4) is 0 Å². The summed E-state index contributed by atoms with van der Waals surface area (Å²) in [5.41, 5.74) is 1.92. The highest BCUT2D eigenvalue weighted by Crippen LogP contribution is 2.48. The topological polar surface area (TPSA) is 64.3 Å². The van der Waals surface area contributed by atoms with Gasteiger partial charge >= 0.3 is 5.97 Å². The minimum absolute atomic E-state index is 0.00191. The van der Waals surface area contributed by atoms with Crippen LogP contribution >= 0.6 is 0 Å². The third-order valence-electron chi connectivity index (χ3n) is 4.44. The highest BCUT2D eigenvalue weighted by atomic mass is 19.1. The van der Waals surface area contributed by atoms with Crippen molar-refractivity contribution in [3.05, 3.63) is 46.8 Å². The van der Waals surface area contributed by atoms with Gasteiger partial charge in [-0.3, -0.25) is 9.48 Å². The van der Waals surface area contributed by atoms with Crippen LogP contribution in [0.2, 0.25) is 0 Å². The van der Waals surface area contributed by atoms with E-state index in [9.17, 15) is 13.6 Å². The zero-order valence-corrected chi connectivity index (χ0v) is 15.0. The van der Waals surface area contributed by atoms with Crippen molar-refractivity contribution in [2.45, 2.75) is 46.3 Å². The normalized spacial score (nSPS) is 19.0. The van der Waals surface area contributed by atoms with Crippen molar-refractivity contribution in [1.29, 1.82) is 0 Å². The van der Waals surface area contributed by atoms with Crippen LogP contribution in [-0.2, 0) is 17.9 Å². The number of hydrogen-bond donors (Lipinski definition) is 1. The Morgan fingerprint density at radius 2 is 2.00 bits per heavy atom. The first kappa shape index (κ1) is 18.4. The molecule has 0 bridgehead atoms. The Morgan fingerprint density at radius 3 is 2.54 bits per heavy atom. The molecule has 2 aromatic rings. The monoisotopic (exact) mass is 364 g/mol. The Kier molecular flexibility index (Phi) is 4.98. The van der Waals surface area contributed by atoms with Gasteiger partial charge in [0.15, 0.2) is 17.4 Å². The fraction of sp³-hybridized carbons (Fsp3) is 0.474. The maximum atomic E-state index is 14.3. The number of carbonyl (C=O) groups is 1.